The minimum atomic E-state index is -3.64. The fourth-order valence-corrected chi connectivity index (χ4v) is 4.74. The number of benzene rings is 1. The van der Waals surface area contributed by atoms with Gasteiger partial charge in [-0.05, 0) is 36.1 Å². The molecule has 0 radical (unpaired) electrons. The van der Waals surface area contributed by atoms with Crippen LogP contribution in [0, 0.1) is 6.92 Å². The number of thiophene rings is 1. The highest BCUT2D eigenvalue weighted by Crippen LogP contribution is 2.28. The van der Waals surface area contributed by atoms with E-state index in [2.05, 4.69) is 20.2 Å². The number of hydrogen-bond donors (Lipinski definition) is 2. The summed E-state index contributed by atoms with van der Waals surface area (Å²) in [4.78, 5) is 12.6. The van der Waals surface area contributed by atoms with Crippen LogP contribution in [-0.2, 0) is 10.0 Å². The lowest BCUT2D eigenvalue weighted by Crippen LogP contribution is -2.24. The minimum Gasteiger partial charge on any atom is -0.296 e. The van der Waals surface area contributed by atoms with Crippen molar-refractivity contribution in [2.45, 2.75) is 18.7 Å². The quantitative estimate of drug-likeness (QED) is 0.653. The Morgan fingerprint density at radius 2 is 2.04 bits per heavy atom. The molecular weight excluding hydrogens is 392 g/mol. The molecule has 10 heteroatoms. The van der Waals surface area contributed by atoms with Gasteiger partial charge in [-0.3, -0.25) is 10.1 Å². The monoisotopic (exact) mass is 408 g/mol. The molecule has 0 aliphatic carbocycles. The third-order valence-electron chi connectivity index (χ3n) is 3.51. The number of aromatic nitrogens is 2. The molecule has 0 fully saturated rings. The van der Waals surface area contributed by atoms with E-state index in [1.54, 1.807) is 31.3 Å². The molecule has 2 N–H and O–H groups in total. The van der Waals surface area contributed by atoms with Crippen LogP contribution in [0.1, 0.15) is 22.8 Å². The molecule has 3 rings (SSSR count). The van der Waals surface area contributed by atoms with Gasteiger partial charge in [0.2, 0.25) is 15.2 Å². The Morgan fingerprint density at radius 3 is 2.73 bits per heavy atom. The number of hydrogen-bond acceptors (Lipinski definition) is 7. The molecule has 1 amide bonds. The number of sulfonamides is 1. The molecular formula is C16H16N4O3S3. The van der Waals surface area contributed by atoms with Crippen LogP contribution in [0.5, 0.6) is 0 Å². The number of nitrogens with zero attached hydrogens (tertiary/aromatic N) is 2. The molecule has 1 aromatic carbocycles. The third-order valence-corrected chi connectivity index (χ3v) is 6.63. The molecule has 0 atom stereocenters. The van der Waals surface area contributed by atoms with Crippen molar-refractivity contribution in [1.29, 1.82) is 0 Å². The van der Waals surface area contributed by atoms with Crippen molar-refractivity contribution < 1.29 is 13.2 Å². The van der Waals surface area contributed by atoms with Gasteiger partial charge in [-0.2, -0.15) is 11.3 Å². The molecule has 2 heterocycles. The average Bonchev–Trinajstić information content (AvgIpc) is 3.26. The van der Waals surface area contributed by atoms with Crippen molar-refractivity contribution >= 4 is 43.7 Å². The Hall–Kier alpha value is -2.14. The third kappa shape index (κ3) is 3.98. The smallest absolute Gasteiger partial charge is 0.257 e. The Bertz CT molecular complexity index is 1030. The predicted molar refractivity (Wildman–Crippen MR) is 103 cm³/mol. The number of amides is 1. The molecule has 0 saturated heterocycles. The van der Waals surface area contributed by atoms with Crippen LogP contribution in [0.15, 0.2) is 39.9 Å². The van der Waals surface area contributed by atoms with E-state index in [0.29, 0.717) is 15.7 Å². The summed E-state index contributed by atoms with van der Waals surface area (Å²) < 4.78 is 26.7. The molecule has 3 aromatic rings. The van der Waals surface area contributed by atoms with E-state index in [1.807, 2.05) is 16.8 Å². The van der Waals surface area contributed by atoms with Crippen LogP contribution in [0.25, 0.3) is 10.6 Å². The number of carbonyl (C=O) groups is 1. The van der Waals surface area contributed by atoms with Gasteiger partial charge in [0.05, 0.1) is 4.90 Å². The van der Waals surface area contributed by atoms with Crippen molar-refractivity contribution in [1.82, 2.24) is 14.9 Å². The first kappa shape index (κ1) is 18.6. The van der Waals surface area contributed by atoms with Crippen LogP contribution in [-0.4, -0.2) is 31.1 Å². The zero-order valence-electron chi connectivity index (χ0n) is 14.0. The summed E-state index contributed by atoms with van der Waals surface area (Å²) in [5.41, 5.74) is 1.89. The Labute approximate surface area is 159 Å². The Kier molecular flexibility index (Phi) is 5.47. The van der Waals surface area contributed by atoms with Gasteiger partial charge in [0, 0.05) is 23.1 Å². The van der Waals surface area contributed by atoms with Crippen molar-refractivity contribution in [2.24, 2.45) is 0 Å². The zero-order chi connectivity index (χ0) is 18.7. The lowest BCUT2D eigenvalue weighted by molar-refractivity contribution is 0.102. The second kappa shape index (κ2) is 7.62. The zero-order valence-corrected chi connectivity index (χ0v) is 16.5. The molecule has 2 aromatic heterocycles. The maximum absolute atomic E-state index is 12.6. The van der Waals surface area contributed by atoms with E-state index in [4.69, 9.17) is 0 Å². The van der Waals surface area contributed by atoms with Crippen molar-refractivity contribution in [3.05, 3.63) is 46.2 Å². The number of anilines is 1. The lowest BCUT2D eigenvalue weighted by Gasteiger charge is -2.09. The first-order chi connectivity index (χ1) is 12.4. The molecule has 26 heavy (non-hydrogen) atoms. The maximum atomic E-state index is 12.6. The summed E-state index contributed by atoms with van der Waals surface area (Å²) in [5.74, 6) is -0.427. The highest BCUT2D eigenvalue weighted by atomic mass is 32.2. The average molecular weight is 409 g/mol. The lowest BCUT2D eigenvalue weighted by atomic mass is 10.1. The molecule has 0 aliphatic rings. The molecule has 7 nitrogen and oxygen atoms in total. The highest BCUT2D eigenvalue weighted by molar-refractivity contribution is 7.89. The highest BCUT2D eigenvalue weighted by Gasteiger charge is 2.18. The van der Waals surface area contributed by atoms with E-state index < -0.39 is 15.9 Å². The summed E-state index contributed by atoms with van der Waals surface area (Å²) >= 11 is 2.81. The van der Waals surface area contributed by atoms with E-state index in [0.717, 1.165) is 5.56 Å². The van der Waals surface area contributed by atoms with Crippen LogP contribution in [0.3, 0.4) is 0 Å². The van der Waals surface area contributed by atoms with Crippen molar-refractivity contribution in [3.63, 3.8) is 0 Å². The maximum Gasteiger partial charge on any atom is 0.257 e. The summed E-state index contributed by atoms with van der Waals surface area (Å²) in [7, 11) is -3.64. The van der Waals surface area contributed by atoms with Gasteiger partial charge in [0.1, 0.15) is 5.01 Å². The number of aryl methyl sites for hydroxylation is 1. The van der Waals surface area contributed by atoms with E-state index in [9.17, 15) is 13.2 Å². The normalized spacial score (nSPS) is 11.5. The summed E-state index contributed by atoms with van der Waals surface area (Å²) in [5, 5.41) is 15.7. The first-order valence-electron chi connectivity index (χ1n) is 7.68. The molecule has 0 unspecified atom stereocenters. The molecule has 136 valence electrons. The fourth-order valence-electron chi connectivity index (χ4n) is 2.23. The topological polar surface area (TPSA) is 101 Å². The van der Waals surface area contributed by atoms with Crippen LogP contribution >= 0.6 is 22.7 Å². The molecule has 0 spiro atoms. The Balaban J connectivity index is 1.84. The predicted octanol–water partition coefficient (Wildman–Crippen LogP) is 3.13. The van der Waals surface area contributed by atoms with Gasteiger partial charge >= 0.3 is 0 Å². The molecule has 0 aliphatic heterocycles. The second-order valence-electron chi connectivity index (χ2n) is 5.36. The van der Waals surface area contributed by atoms with Gasteiger partial charge in [-0.25, -0.2) is 13.1 Å². The largest absolute Gasteiger partial charge is 0.296 e. The Morgan fingerprint density at radius 1 is 1.23 bits per heavy atom. The number of carbonyl (C=O) groups excluding carboxylic acids is 1. The first-order valence-corrected chi connectivity index (χ1v) is 10.9. The summed E-state index contributed by atoms with van der Waals surface area (Å²) in [6.07, 6.45) is 0. The van der Waals surface area contributed by atoms with Crippen LogP contribution in [0.2, 0.25) is 0 Å². The van der Waals surface area contributed by atoms with Gasteiger partial charge in [0.15, 0.2) is 0 Å². The van der Waals surface area contributed by atoms with Gasteiger partial charge in [-0.15, -0.1) is 10.2 Å². The van der Waals surface area contributed by atoms with Gasteiger partial charge < -0.3 is 0 Å². The van der Waals surface area contributed by atoms with Crippen molar-refractivity contribution in [2.75, 3.05) is 11.9 Å². The van der Waals surface area contributed by atoms with Crippen LogP contribution < -0.4 is 10.0 Å². The van der Waals surface area contributed by atoms with E-state index in [-0.39, 0.29) is 17.0 Å². The SMILES string of the molecule is CCNS(=O)(=O)c1ccc(C)c(C(=O)Nc2nnc(-c3ccsc3)s2)c1. The van der Waals surface area contributed by atoms with Gasteiger partial charge in [-0.1, -0.05) is 24.3 Å². The number of rotatable bonds is 6. The summed E-state index contributed by atoms with van der Waals surface area (Å²) in [6, 6.07) is 6.37. The molecule has 0 bridgehead atoms. The standard InChI is InChI=1S/C16H16N4O3S3/c1-3-17-26(22,23)12-5-4-10(2)13(8-12)14(21)18-16-20-19-15(25-16)11-6-7-24-9-11/h4-9,17H,3H2,1-2H3,(H,18,20,21). The van der Waals surface area contributed by atoms with Crippen molar-refractivity contribution in [3.8, 4) is 10.6 Å². The van der Waals surface area contributed by atoms with E-state index >= 15 is 0 Å². The minimum absolute atomic E-state index is 0.0475. The summed E-state index contributed by atoms with van der Waals surface area (Å²) in [6.45, 7) is 3.71. The fraction of sp³-hybridized carbons (Fsp3) is 0.188. The van der Waals surface area contributed by atoms with E-state index in [1.165, 1.54) is 23.5 Å². The van der Waals surface area contributed by atoms with Crippen LogP contribution in [0.4, 0.5) is 5.13 Å². The molecule has 0 saturated carbocycles. The van der Waals surface area contributed by atoms with Gasteiger partial charge in [0.25, 0.3) is 5.91 Å². The number of nitrogens with one attached hydrogen (secondary N) is 2. The second-order valence-corrected chi connectivity index (χ2v) is 8.88.